The molecule has 4 rings (SSSR count). The number of rotatable bonds is 8. The first kappa shape index (κ1) is 24.8. The Bertz CT molecular complexity index is 1310. The topological polar surface area (TPSA) is 12.9 Å². The molecule has 0 spiro atoms. The van der Waals surface area contributed by atoms with Crippen LogP contribution in [0.25, 0.3) is 22.0 Å². The van der Waals surface area contributed by atoms with Crippen molar-refractivity contribution in [1.29, 1.82) is 0 Å². The average Bonchev–Trinajstić information content (AvgIpc) is 2.83. The van der Waals surface area contributed by atoms with Gasteiger partial charge < -0.3 is 0 Å². The third kappa shape index (κ3) is 5.87. The lowest BCUT2D eigenvalue weighted by molar-refractivity contribution is -0.140. The van der Waals surface area contributed by atoms with Crippen LogP contribution in [0, 0.1) is 11.6 Å². The van der Waals surface area contributed by atoms with Gasteiger partial charge in [0.15, 0.2) is 0 Å². The molecular formula is C29H26F5N. The van der Waals surface area contributed by atoms with Crippen LogP contribution in [0.5, 0.6) is 0 Å². The van der Waals surface area contributed by atoms with Crippen molar-refractivity contribution in [2.24, 2.45) is 0 Å². The molecule has 182 valence electrons. The number of pyridine rings is 1. The molecule has 0 aliphatic carbocycles. The van der Waals surface area contributed by atoms with Gasteiger partial charge in [-0.3, -0.25) is 4.98 Å². The van der Waals surface area contributed by atoms with Gasteiger partial charge in [-0.25, -0.2) is 8.78 Å². The second-order valence-electron chi connectivity index (χ2n) is 8.80. The van der Waals surface area contributed by atoms with Crippen molar-refractivity contribution in [1.82, 2.24) is 4.98 Å². The zero-order valence-corrected chi connectivity index (χ0v) is 19.4. The Kier molecular flexibility index (Phi) is 7.48. The van der Waals surface area contributed by atoms with Crippen LogP contribution in [0.2, 0.25) is 0 Å². The second-order valence-corrected chi connectivity index (χ2v) is 8.80. The summed E-state index contributed by atoms with van der Waals surface area (Å²) in [6.45, 7) is 2.17. The van der Waals surface area contributed by atoms with Gasteiger partial charge in [0.25, 0.3) is 0 Å². The summed E-state index contributed by atoms with van der Waals surface area (Å²) < 4.78 is 67.2. The summed E-state index contributed by atoms with van der Waals surface area (Å²) in [6, 6.07) is 15.8. The Labute approximate surface area is 201 Å². The van der Waals surface area contributed by atoms with Crippen LogP contribution in [0.15, 0.2) is 66.9 Å². The van der Waals surface area contributed by atoms with E-state index in [2.05, 4.69) is 18.0 Å². The number of benzene rings is 3. The molecule has 0 aliphatic heterocycles. The second kappa shape index (κ2) is 10.5. The van der Waals surface area contributed by atoms with Crippen molar-refractivity contribution in [2.75, 3.05) is 0 Å². The van der Waals surface area contributed by atoms with Gasteiger partial charge in [0.2, 0.25) is 0 Å². The first-order chi connectivity index (χ1) is 16.8. The molecule has 0 fully saturated rings. The Morgan fingerprint density at radius 1 is 0.771 bits per heavy atom. The Morgan fingerprint density at radius 3 is 2.26 bits per heavy atom. The zero-order valence-electron chi connectivity index (χ0n) is 19.4. The van der Waals surface area contributed by atoms with Gasteiger partial charge in [-0.05, 0) is 72.0 Å². The number of hydrogen-bond acceptors (Lipinski definition) is 1. The fourth-order valence-corrected chi connectivity index (χ4v) is 4.23. The van der Waals surface area contributed by atoms with Crippen LogP contribution < -0.4 is 0 Å². The molecule has 35 heavy (non-hydrogen) atoms. The van der Waals surface area contributed by atoms with Gasteiger partial charge in [-0.2, -0.15) is 13.2 Å². The summed E-state index contributed by atoms with van der Waals surface area (Å²) >= 11 is 0. The summed E-state index contributed by atoms with van der Waals surface area (Å²) in [5.74, 6) is -1.69. The first-order valence-corrected chi connectivity index (χ1v) is 11.8. The largest absolute Gasteiger partial charge is 0.419 e. The average molecular weight is 484 g/mol. The summed E-state index contributed by atoms with van der Waals surface area (Å²) in [5, 5.41) is 1.19. The minimum Gasteiger partial charge on any atom is -0.256 e. The van der Waals surface area contributed by atoms with Crippen LogP contribution in [0.3, 0.4) is 0 Å². The van der Waals surface area contributed by atoms with Gasteiger partial charge in [-0.1, -0.05) is 56.2 Å². The fourth-order valence-electron chi connectivity index (χ4n) is 4.23. The van der Waals surface area contributed by atoms with Crippen LogP contribution in [0.4, 0.5) is 22.0 Å². The molecule has 0 aliphatic rings. The lowest BCUT2D eigenvalue weighted by Gasteiger charge is -2.11. The predicted molar refractivity (Wildman–Crippen MR) is 129 cm³/mol. The molecule has 0 atom stereocenters. The third-order valence-electron chi connectivity index (χ3n) is 6.25. The predicted octanol–water partition coefficient (Wildman–Crippen LogP) is 8.72. The molecule has 0 amide bonds. The van der Waals surface area contributed by atoms with Crippen molar-refractivity contribution in [3.05, 3.63) is 101 Å². The highest BCUT2D eigenvalue weighted by molar-refractivity contribution is 5.88. The normalized spacial score (nSPS) is 11.8. The molecule has 1 heterocycles. The minimum absolute atomic E-state index is 0.226. The molecular weight excluding hydrogens is 457 g/mol. The molecule has 0 saturated carbocycles. The van der Waals surface area contributed by atoms with Crippen molar-refractivity contribution >= 4 is 10.8 Å². The zero-order chi connectivity index (χ0) is 25.0. The van der Waals surface area contributed by atoms with E-state index in [1.807, 2.05) is 30.5 Å². The van der Waals surface area contributed by atoms with Crippen LogP contribution in [0.1, 0.15) is 48.4 Å². The van der Waals surface area contributed by atoms with E-state index < -0.39 is 17.6 Å². The fraction of sp³-hybridized carbons (Fsp3) is 0.276. The number of halogens is 5. The number of unbranched alkanes of at least 4 members (excludes halogenated alkanes) is 2. The smallest absolute Gasteiger partial charge is 0.256 e. The minimum atomic E-state index is -4.74. The van der Waals surface area contributed by atoms with Crippen molar-refractivity contribution in [2.45, 2.75) is 51.6 Å². The molecule has 1 aromatic heterocycles. The van der Waals surface area contributed by atoms with Crippen molar-refractivity contribution in [3.63, 3.8) is 0 Å². The number of aryl methyl sites for hydroxylation is 3. The van der Waals surface area contributed by atoms with Crippen LogP contribution in [-0.2, 0) is 25.4 Å². The lowest BCUT2D eigenvalue weighted by Crippen LogP contribution is -2.08. The molecule has 0 unspecified atom stereocenters. The molecule has 3 aromatic carbocycles. The Balaban J connectivity index is 1.49. The van der Waals surface area contributed by atoms with Gasteiger partial charge in [0.05, 0.1) is 11.3 Å². The molecule has 0 radical (unpaired) electrons. The third-order valence-corrected chi connectivity index (χ3v) is 6.25. The Hall–Kier alpha value is -3.28. The van der Waals surface area contributed by atoms with Gasteiger partial charge in [0.1, 0.15) is 11.6 Å². The van der Waals surface area contributed by atoms with Gasteiger partial charge in [0, 0.05) is 17.1 Å². The monoisotopic (exact) mass is 483 g/mol. The standard InChI is InChI=1S/C29H26F5N/c1-2-3-4-5-20-8-15-27(35-18-20)23-12-13-24-22(17-23)11-10-21(28(24)31)9-6-19-7-14-25(26(30)16-19)29(32,33)34/h7-8,10-18H,2-6,9H2,1H3. The van der Waals surface area contributed by atoms with Gasteiger partial charge in [-0.15, -0.1) is 0 Å². The van der Waals surface area contributed by atoms with E-state index in [0.29, 0.717) is 16.5 Å². The number of nitrogens with zero attached hydrogens (tertiary/aromatic N) is 1. The van der Waals surface area contributed by atoms with E-state index in [4.69, 9.17) is 0 Å². The summed E-state index contributed by atoms with van der Waals surface area (Å²) in [6.07, 6.45) is 2.14. The van der Waals surface area contributed by atoms with E-state index >= 15 is 4.39 Å². The maximum Gasteiger partial charge on any atom is 0.419 e. The van der Waals surface area contributed by atoms with E-state index in [0.717, 1.165) is 41.6 Å². The molecule has 0 bridgehead atoms. The van der Waals surface area contributed by atoms with Crippen LogP contribution >= 0.6 is 0 Å². The number of hydrogen-bond donors (Lipinski definition) is 0. The van der Waals surface area contributed by atoms with Crippen molar-refractivity contribution < 1.29 is 22.0 Å². The maximum atomic E-state index is 15.2. The Morgan fingerprint density at radius 2 is 1.57 bits per heavy atom. The molecule has 0 N–H and O–H groups in total. The highest BCUT2D eigenvalue weighted by Gasteiger charge is 2.33. The van der Waals surface area contributed by atoms with Crippen molar-refractivity contribution in [3.8, 4) is 11.3 Å². The maximum absolute atomic E-state index is 15.2. The summed E-state index contributed by atoms with van der Waals surface area (Å²) in [7, 11) is 0. The van der Waals surface area contributed by atoms with E-state index in [-0.39, 0.29) is 18.7 Å². The van der Waals surface area contributed by atoms with E-state index in [1.165, 1.54) is 24.5 Å². The molecule has 6 heteroatoms. The quantitative estimate of drug-likeness (QED) is 0.180. The first-order valence-electron chi connectivity index (χ1n) is 11.8. The SMILES string of the molecule is CCCCCc1ccc(-c2ccc3c(F)c(CCc4ccc(C(F)(F)F)c(F)c4)ccc3c2)nc1. The highest BCUT2D eigenvalue weighted by atomic mass is 19.4. The number of alkyl halides is 3. The van der Waals surface area contributed by atoms with E-state index in [1.54, 1.807) is 12.1 Å². The molecule has 4 aromatic rings. The molecule has 1 nitrogen and oxygen atoms in total. The number of fused-ring (bicyclic) bond motifs is 1. The van der Waals surface area contributed by atoms with Gasteiger partial charge >= 0.3 is 6.18 Å². The summed E-state index contributed by atoms with van der Waals surface area (Å²) in [5.41, 5.74) is 2.43. The number of aromatic nitrogens is 1. The molecule has 0 saturated heterocycles. The van der Waals surface area contributed by atoms with E-state index in [9.17, 15) is 17.6 Å². The lowest BCUT2D eigenvalue weighted by atomic mass is 9.97. The highest BCUT2D eigenvalue weighted by Crippen LogP contribution is 2.32. The van der Waals surface area contributed by atoms with Crippen LogP contribution in [-0.4, -0.2) is 4.98 Å². The summed E-state index contributed by atoms with van der Waals surface area (Å²) in [4.78, 5) is 4.57.